The van der Waals surface area contributed by atoms with Crippen molar-refractivity contribution in [2.45, 2.75) is 33.1 Å². The molecule has 0 aliphatic heterocycles. The predicted molar refractivity (Wildman–Crippen MR) is 84.0 cm³/mol. The van der Waals surface area contributed by atoms with Gasteiger partial charge >= 0.3 is 7.05 Å². The molecule has 5 heteroatoms. The molecular formula is C12H18BIN2O. The Bertz CT molecular complexity index is 413. The molecule has 17 heavy (non-hydrogen) atoms. The van der Waals surface area contributed by atoms with Crippen LogP contribution in [0.3, 0.4) is 0 Å². The fourth-order valence-electron chi connectivity index (χ4n) is 1.23. The lowest BCUT2D eigenvalue weighted by Gasteiger charge is -2.12. The van der Waals surface area contributed by atoms with E-state index >= 15 is 0 Å². The van der Waals surface area contributed by atoms with Crippen LogP contribution in [0.5, 0.6) is 0 Å². The van der Waals surface area contributed by atoms with E-state index in [0.29, 0.717) is 0 Å². The second-order valence-electron chi connectivity index (χ2n) is 4.99. The van der Waals surface area contributed by atoms with Crippen LogP contribution in [0.1, 0.15) is 26.3 Å². The van der Waals surface area contributed by atoms with Crippen molar-refractivity contribution in [2.24, 2.45) is 4.99 Å². The van der Waals surface area contributed by atoms with Gasteiger partial charge in [0.15, 0.2) is 0 Å². The van der Waals surface area contributed by atoms with Gasteiger partial charge in [0, 0.05) is 21.0 Å². The van der Waals surface area contributed by atoms with Gasteiger partial charge in [0.05, 0.1) is 5.54 Å². The summed E-state index contributed by atoms with van der Waals surface area (Å²) in [5, 5.41) is 12.2. The third kappa shape index (κ3) is 5.54. The molecule has 0 fully saturated rings. The van der Waals surface area contributed by atoms with E-state index in [4.69, 9.17) is 0 Å². The number of anilines is 1. The quantitative estimate of drug-likeness (QED) is 0.503. The SMILES string of the molecule is CB(O)Nc1ccc(/C=N/C(C)(C)C)c(I)c1. The van der Waals surface area contributed by atoms with Crippen LogP contribution < -0.4 is 5.23 Å². The van der Waals surface area contributed by atoms with Crippen molar-refractivity contribution in [2.75, 3.05) is 5.23 Å². The maximum atomic E-state index is 9.24. The first-order valence-corrected chi connectivity index (χ1v) is 6.65. The number of hydrogen-bond donors (Lipinski definition) is 2. The van der Waals surface area contributed by atoms with E-state index in [1.54, 1.807) is 6.82 Å². The minimum atomic E-state index is -0.542. The summed E-state index contributed by atoms with van der Waals surface area (Å²) in [4.78, 5) is 4.48. The Morgan fingerprint density at radius 2 is 2.06 bits per heavy atom. The van der Waals surface area contributed by atoms with Gasteiger partial charge in [-0.15, -0.1) is 0 Å². The summed E-state index contributed by atoms with van der Waals surface area (Å²) in [5.41, 5.74) is 1.95. The van der Waals surface area contributed by atoms with E-state index in [1.165, 1.54) is 0 Å². The number of rotatable bonds is 3. The van der Waals surface area contributed by atoms with Crippen molar-refractivity contribution < 1.29 is 5.02 Å². The summed E-state index contributed by atoms with van der Waals surface area (Å²) in [5.74, 6) is 0. The van der Waals surface area contributed by atoms with Gasteiger partial charge in [0.1, 0.15) is 0 Å². The van der Waals surface area contributed by atoms with Gasteiger partial charge in [0.2, 0.25) is 0 Å². The van der Waals surface area contributed by atoms with Gasteiger partial charge in [-0.2, -0.15) is 0 Å². The normalized spacial score (nSPS) is 11.9. The number of benzene rings is 1. The Balaban J connectivity index is 2.87. The van der Waals surface area contributed by atoms with Gasteiger partial charge in [-0.25, -0.2) is 0 Å². The van der Waals surface area contributed by atoms with Crippen molar-refractivity contribution in [3.63, 3.8) is 0 Å². The standard InChI is InChI=1S/C12H18BIN2O/c1-12(2,3)15-8-9-5-6-10(7-11(9)14)16-13(4)17/h5-8,16-17H,1-4H3/b15-8+. The molecule has 3 nitrogen and oxygen atoms in total. The first kappa shape index (κ1) is 14.5. The van der Waals surface area contributed by atoms with Crippen LogP contribution in [0, 0.1) is 3.57 Å². The number of aliphatic imine (C=N–C) groups is 1. The smallest absolute Gasteiger partial charge is 0.406 e. The highest BCUT2D eigenvalue weighted by atomic mass is 127. The number of nitrogens with one attached hydrogen (secondary N) is 1. The molecule has 0 aliphatic carbocycles. The van der Waals surface area contributed by atoms with E-state index in [9.17, 15) is 5.02 Å². The highest BCUT2D eigenvalue weighted by Gasteiger charge is 2.07. The molecule has 1 rings (SSSR count). The minimum Gasteiger partial charge on any atom is -0.433 e. The summed E-state index contributed by atoms with van der Waals surface area (Å²) in [6.07, 6.45) is 1.90. The zero-order chi connectivity index (χ0) is 13.1. The van der Waals surface area contributed by atoms with Crippen LogP contribution in [-0.4, -0.2) is 23.8 Å². The minimum absolute atomic E-state index is 0.0559. The molecule has 0 heterocycles. The Morgan fingerprint density at radius 1 is 1.41 bits per heavy atom. The molecule has 0 spiro atoms. The lowest BCUT2D eigenvalue weighted by molar-refractivity contribution is 0.586. The van der Waals surface area contributed by atoms with Gasteiger partial charge in [-0.1, -0.05) is 6.07 Å². The Labute approximate surface area is 117 Å². The van der Waals surface area contributed by atoms with Crippen molar-refractivity contribution in [1.82, 2.24) is 0 Å². The zero-order valence-corrected chi connectivity index (χ0v) is 12.8. The maximum absolute atomic E-state index is 9.24. The monoisotopic (exact) mass is 344 g/mol. The second kappa shape index (κ2) is 5.86. The van der Waals surface area contributed by atoms with Gasteiger partial charge in [-0.3, -0.25) is 4.99 Å². The number of halogens is 1. The zero-order valence-electron chi connectivity index (χ0n) is 10.7. The Morgan fingerprint density at radius 3 is 2.53 bits per heavy atom. The van der Waals surface area contributed by atoms with E-state index < -0.39 is 7.05 Å². The number of hydrogen-bond acceptors (Lipinski definition) is 3. The first-order chi connectivity index (χ1) is 7.78. The molecule has 0 amide bonds. The Hall–Kier alpha value is -0.555. The molecule has 0 aromatic heterocycles. The Kier molecular flexibility index (Phi) is 5.00. The summed E-state index contributed by atoms with van der Waals surface area (Å²) >= 11 is 2.27. The fourth-order valence-corrected chi connectivity index (χ4v) is 1.88. The van der Waals surface area contributed by atoms with Crippen LogP contribution in [0.25, 0.3) is 0 Å². The molecule has 0 aliphatic rings. The van der Waals surface area contributed by atoms with Crippen molar-refractivity contribution in [3.05, 3.63) is 27.3 Å². The first-order valence-electron chi connectivity index (χ1n) is 5.57. The van der Waals surface area contributed by atoms with E-state index in [-0.39, 0.29) is 5.54 Å². The molecule has 0 bridgehead atoms. The molecule has 0 atom stereocenters. The maximum Gasteiger partial charge on any atom is 0.406 e. The molecule has 0 radical (unpaired) electrons. The molecule has 2 N–H and O–H groups in total. The molecule has 0 saturated heterocycles. The average Bonchev–Trinajstić information content (AvgIpc) is 2.13. The van der Waals surface area contributed by atoms with Crippen molar-refractivity contribution >= 4 is 41.5 Å². The average molecular weight is 344 g/mol. The fraction of sp³-hybridized carbons (Fsp3) is 0.417. The summed E-state index contributed by atoms with van der Waals surface area (Å²) in [6, 6.07) is 5.94. The summed E-state index contributed by atoms with van der Waals surface area (Å²) in [6.45, 7) is 7.90. The summed E-state index contributed by atoms with van der Waals surface area (Å²) < 4.78 is 1.11. The highest BCUT2D eigenvalue weighted by molar-refractivity contribution is 14.1. The number of nitrogens with zero attached hydrogens (tertiary/aromatic N) is 1. The van der Waals surface area contributed by atoms with Crippen LogP contribution in [0.4, 0.5) is 5.69 Å². The van der Waals surface area contributed by atoms with Gasteiger partial charge in [0.25, 0.3) is 0 Å². The molecule has 1 aromatic rings. The van der Waals surface area contributed by atoms with E-state index in [2.05, 4.69) is 53.6 Å². The lowest BCUT2D eigenvalue weighted by Crippen LogP contribution is -2.19. The van der Waals surface area contributed by atoms with Crippen LogP contribution in [-0.2, 0) is 0 Å². The molecule has 0 unspecified atom stereocenters. The molecule has 1 aromatic carbocycles. The van der Waals surface area contributed by atoms with Crippen LogP contribution in [0.15, 0.2) is 23.2 Å². The second-order valence-corrected chi connectivity index (χ2v) is 6.15. The highest BCUT2D eigenvalue weighted by Crippen LogP contribution is 2.17. The lowest BCUT2D eigenvalue weighted by atomic mass is 9.88. The third-order valence-electron chi connectivity index (χ3n) is 1.97. The van der Waals surface area contributed by atoms with Crippen molar-refractivity contribution in [1.29, 1.82) is 0 Å². The predicted octanol–water partition coefficient (Wildman–Crippen LogP) is 3.03. The molecule has 92 valence electrons. The third-order valence-corrected chi connectivity index (χ3v) is 2.90. The topological polar surface area (TPSA) is 44.6 Å². The van der Waals surface area contributed by atoms with E-state index in [0.717, 1.165) is 14.8 Å². The summed E-state index contributed by atoms with van der Waals surface area (Å²) in [7, 11) is -0.542. The molecule has 0 saturated carbocycles. The van der Waals surface area contributed by atoms with Gasteiger partial charge in [-0.05, 0) is 62.3 Å². The van der Waals surface area contributed by atoms with Crippen LogP contribution in [0.2, 0.25) is 6.82 Å². The van der Waals surface area contributed by atoms with E-state index in [1.807, 2.05) is 24.4 Å². The van der Waals surface area contributed by atoms with Crippen LogP contribution >= 0.6 is 22.6 Å². The van der Waals surface area contributed by atoms with Gasteiger partial charge < -0.3 is 10.3 Å². The van der Waals surface area contributed by atoms with Crippen molar-refractivity contribution in [3.8, 4) is 0 Å². The largest absolute Gasteiger partial charge is 0.433 e. The molecular weight excluding hydrogens is 326 g/mol.